The molecule has 174 valence electrons. The fourth-order valence-corrected chi connectivity index (χ4v) is 5.78. The summed E-state index contributed by atoms with van der Waals surface area (Å²) in [6, 6.07) is 15.2. The number of hydrogen-bond donors (Lipinski definition) is 0. The van der Waals surface area contributed by atoms with Crippen molar-refractivity contribution in [2.75, 3.05) is 19.6 Å². The Kier molecular flexibility index (Phi) is 7.61. The van der Waals surface area contributed by atoms with Gasteiger partial charge in [0.05, 0.1) is 0 Å². The van der Waals surface area contributed by atoms with Crippen LogP contribution >= 0.6 is 11.3 Å². The van der Waals surface area contributed by atoms with Crippen LogP contribution in [0.15, 0.2) is 60.2 Å². The Labute approximate surface area is 202 Å². The second kappa shape index (κ2) is 10.6. The molecule has 1 aliphatic heterocycles. The van der Waals surface area contributed by atoms with E-state index < -0.39 is 0 Å². The molecule has 0 bridgehead atoms. The molecule has 2 aromatic heterocycles. The monoisotopic (exact) mass is 461 g/mol. The van der Waals surface area contributed by atoms with E-state index in [0.29, 0.717) is 18.4 Å². The zero-order valence-electron chi connectivity index (χ0n) is 20.2. The maximum atomic E-state index is 13.2. The summed E-state index contributed by atoms with van der Waals surface area (Å²) in [5.74, 6) is 1.01. The van der Waals surface area contributed by atoms with Gasteiger partial charge >= 0.3 is 0 Å². The number of benzene rings is 1. The SMILES string of the molecule is Cc1ccc(C2CN(Cc3sccc3C)CC2CN(Cc2cccnc2)C(=O)C(C)C)cc1. The van der Waals surface area contributed by atoms with Gasteiger partial charge in [-0.2, -0.15) is 0 Å². The lowest BCUT2D eigenvalue weighted by atomic mass is 9.88. The topological polar surface area (TPSA) is 36.4 Å². The number of thiophene rings is 1. The molecule has 0 aliphatic carbocycles. The van der Waals surface area contributed by atoms with Crippen molar-refractivity contribution in [2.24, 2.45) is 11.8 Å². The van der Waals surface area contributed by atoms with E-state index in [0.717, 1.165) is 31.7 Å². The minimum atomic E-state index is -0.0224. The lowest BCUT2D eigenvalue weighted by Crippen LogP contribution is -2.39. The van der Waals surface area contributed by atoms with Crippen LogP contribution in [0.2, 0.25) is 0 Å². The summed E-state index contributed by atoms with van der Waals surface area (Å²) in [6.45, 7) is 12.7. The Balaban J connectivity index is 1.57. The summed E-state index contributed by atoms with van der Waals surface area (Å²) in [4.78, 5) is 23.6. The molecular weight excluding hydrogens is 426 g/mol. The molecule has 0 radical (unpaired) electrons. The number of likely N-dealkylation sites (tertiary alicyclic amines) is 1. The molecule has 1 aromatic carbocycles. The summed E-state index contributed by atoms with van der Waals surface area (Å²) in [7, 11) is 0. The number of aryl methyl sites for hydroxylation is 2. The van der Waals surface area contributed by atoms with E-state index in [1.165, 1.54) is 21.6 Å². The number of rotatable bonds is 8. The maximum absolute atomic E-state index is 13.2. The largest absolute Gasteiger partial charge is 0.338 e. The quantitative estimate of drug-likeness (QED) is 0.434. The Morgan fingerprint density at radius 2 is 1.94 bits per heavy atom. The van der Waals surface area contributed by atoms with Gasteiger partial charge in [-0.25, -0.2) is 0 Å². The molecule has 1 aliphatic rings. The number of carbonyl (C=O) groups excluding carboxylic acids is 1. The van der Waals surface area contributed by atoms with Crippen molar-refractivity contribution in [3.8, 4) is 0 Å². The smallest absolute Gasteiger partial charge is 0.225 e. The van der Waals surface area contributed by atoms with Crippen LogP contribution in [0.5, 0.6) is 0 Å². The first-order chi connectivity index (χ1) is 15.9. The number of amides is 1. The molecule has 4 nitrogen and oxygen atoms in total. The van der Waals surface area contributed by atoms with E-state index in [-0.39, 0.29) is 11.8 Å². The number of pyridine rings is 1. The predicted octanol–water partition coefficient (Wildman–Crippen LogP) is 5.66. The summed E-state index contributed by atoms with van der Waals surface area (Å²) < 4.78 is 0. The van der Waals surface area contributed by atoms with Crippen LogP contribution in [0.4, 0.5) is 0 Å². The van der Waals surface area contributed by atoms with Crippen molar-refractivity contribution in [2.45, 2.75) is 46.7 Å². The molecule has 2 unspecified atom stereocenters. The Morgan fingerprint density at radius 1 is 1.15 bits per heavy atom. The highest BCUT2D eigenvalue weighted by Gasteiger charge is 2.36. The molecule has 1 fully saturated rings. The summed E-state index contributed by atoms with van der Waals surface area (Å²) in [5, 5.41) is 2.19. The van der Waals surface area contributed by atoms with Crippen molar-refractivity contribution < 1.29 is 4.79 Å². The van der Waals surface area contributed by atoms with Crippen LogP contribution in [0.1, 0.15) is 46.9 Å². The van der Waals surface area contributed by atoms with Crippen LogP contribution in [0.3, 0.4) is 0 Å². The molecule has 3 heterocycles. The summed E-state index contributed by atoms with van der Waals surface area (Å²) in [5.41, 5.74) is 5.13. The molecule has 4 rings (SSSR count). The number of aromatic nitrogens is 1. The molecule has 2 atom stereocenters. The first-order valence-electron chi connectivity index (χ1n) is 11.9. The van der Waals surface area contributed by atoms with Crippen LogP contribution in [0.25, 0.3) is 0 Å². The van der Waals surface area contributed by atoms with Gasteiger partial charge in [0.2, 0.25) is 5.91 Å². The number of carbonyl (C=O) groups is 1. The lowest BCUT2D eigenvalue weighted by Gasteiger charge is -2.30. The molecule has 0 N–H and O–H groups in total. The molecule has 1 amide bonds. The average Bonchev–Trinajstić information content (AvgIpc) is 3.40. The zero-order chi connectivity index (χ0) is 23.4. The predicted molar refractivity (Wildman–Crippen MR) is 136 cm³/mol. The summed E-state index contributed by atoms with van der Waals surface area (Å²) >= 11 is 1.85. The third-order valence-electron chi connectivity index (χ3n) is 6.71. The van der Waals surface area contributed by atoms with Gasteiger partial charge in [-0.3, -0.25) is 14.7 Å². The number of nitrogens with zero attached hydrogens (tertiary/aromatic N) is 3. The first-order valence-corrected chi connectivity index (χ1v) is 12.8. The van der Waals surface area contributed by atoms with Gasteiger partial charge in [0.15, 0.2) is 0 Å². The van der Waals surface area contributed by atoms with Crippen molar-refractivity contribution in [3.05, 3.63) is 87.4 Å². The van der Waals surface area contributed by atoms with Gasteiger partial charge in [0.25, 0.3) is 0 Å². The third-order valence-corrected chi connectivity index (χ3v) is 7.72. The highest BCUT2D eigenvalue weighted by molar-refractivity contribution is 7.10. The van der Waals surface area contributed by atoms with Gasteiger partial charge in [-0.05, 0) is 54.0 Å². The second-order valence-electron chi connectivity index (χ2n) is 9.73. The average molecular weight is 462 g/mol. The van der Waals surface area contributed by atoms with E-state index in [9.17, 15) is 4.79 Å². The molecule has 3 aromatic rings. The second-order valence-corrected chi connectivity index (χ2v) is 10.7. The maximum Gasteiger partial charge on any atom is 0.225 e. The highest BCUT2D eigenvalue weighted by Crippen LogP contribution is 2.35. The minimum absolute atomic E-state index is 0.0224. The minimum Gasteiger partial charge on any atom is -0.338 e. The van der Waals surface area contributed by atoms with E-state index >= 15 is 0 Å². The highest BCUT2D eigenvalue weighted by atomic mass is 32.1. The van der Waals surface area contributed by atoms with E-state index in [1.807, 2.05) is 37.4 Å². The van der Waals surface area contributed by atoms with Crippen LogP contribution in [-0.2, 0) is 17.9 Å². The van der Waals surface area contributed by atoms with Crippen LogP contribution < -0.4 is 0 Å². The van der Waals surface area contributed by atoms with E-state index in [4.69, 9.17) is 0 Å². The molecule has 0 spiro atoms. The fraction of sp³-hybridized carbons (Fsp3) is 0.429. The Hall–Kier alpha value is -2.50. The first kappa shape index (κ1) is 23.7. The van der Waals surface area contributed by atoms with Crippen molar-refractivity contribution >= 4 is 17.2 Å². The van der Waals surface area contributed by atoms with Crippen molar-refractivity contribution in [1.82, 2.24) is 14.8 Å². The van der Waals surface area contributed by atoms with Gasteiger partial charge in [0, 0.05) is 61.8 Å². The normalized spacial score (nSPS) is 18.7. The third kappa shape index (κ3) is 5.90. The standard InChI is InChI=1S/C28H35N3OS/c1-20(2)28(32)31(15-23-6-5-12-29-14-23)17-25-16-30(19-27-22(4)11-13-33-27)18-26(25)24-9-7-21(3)8-10-24/h5-14,20,25-26H,15-19H2,1-4H3. The molecule has 33 heavy (non-hydrogen) atoms. The molecule has 1 saturated heterocycles. The van der Waals surface area contributed by atoms with Crippen molar-refractivity contribution in [3.63, 3.8) is 0 Å². The van der Waals surface area contributed by atoms with Crippen molar-refractivity contribution in [1.29, 1.82) is 0 Å². The zero-order valence-corrected chi connectivity index (χ0v) is 21.0. The van der Waals surface area contributed by atoms with Gasteiger partial charge in [-0.1, -0.05) is 49.7 Å². The van der Waals surface area contributed by atoms with E-state index in [2.05, 4.69) is 70.4 Å². The fourth-order valence-electron chi connectivity index (χ4n) is 4.83. The summed E-state index contributed by atoms with van der Waals surface area (Å²) in [6.07, 6.45) is 3.66. The molecular formula is C28H35N3OS. The Bertz CT molecular complexity index is 1040. The Morgan fingerprint density at radius 3 is 2.58 bits per heavy atom. The van der Waals surface area contributed by atoms with E-state index in [1.54, 1.807) is 6.20 Å². The molecule has 5 heteroatoms. The molecule has 0 saturated carbocycles. The van der Waals surface area contributed by atoms with Crippen LogP contribution in [0, 0.1) is 25.7 Å². The van der Waals surface area contributed by atoms with Gasteiger partial charge in [-0.15, -0.1) is 11.3 Å². The van der Waals surface area contributed by atoms with Gasteiger partial charge in [0.1, 0.15) is 0 Å². The van der Waals surface area contributed by atoms with Crippen LogP contribution in [-0.4, -0.2) is 40.3 Å². The lowest BCUT2D eigenvalue weighted by molar-refractivity contribution is -0.135. The van der Waals surface area contributed by atoms with Gasteiger partial charge < -0.3 is 4.90 Å². The number of hydrogen-bond acceptors (Lipinski definition) is 4.